The van der Waals surface area contributed by atoms with Crippen molar-refractivity contribution in [1.29, 1.82) is 0 Å². The highest BCUT2D eigenvalue weighted by atomic mass is 35.5. The van der Waals surface area contributed by atoms with Gasteiger partial charge in [0.25, 0.3) is 0 Å². The van der Waals surface area contributed by atoms with Crippen molar-refractivity contribution >= 4 is 22.8 Å². The predicted molar refractivity (Wildman–Crippen MR) is 86.9 cm³/mol. The van der Waals surface area contributed by atoms with Crippen molar-refractivity contribution in [2.24, 2.45) is 18.9 Å². The van der Waals surface area contributed by atoms with Gasteiger partial charge in [-0.1, -0.05) is 0 Å². The number of imidazole rings is 1. The number of ether oxygens (including phenoxy) is 2. The molecule has 1 saturated heterocycles. The van der Waals surface area contributed by atoms with Crippen LogP contribution in [0, 0.1) is 11.8 Å². The number of hydrogen-bond donors (Lipinski definition) is 0. The minimum Gasteiger partial charge on any atom is -0.348 e. The van der Waals surface area contributed by atoms with Crippen LogP contribution in [0.4, 0.5) is 0 Å². The Morgan fingerprint density at radius 3 is 2.58 bits per heavy atom. The van der Waals surface area contributed by atoms with Crippen LogP contribution < -0.4 is 5.69 Å². The molecule has 3 atom stereocenters. The number of hydrogen-bond acceptors (Lipinski definition) is 5. The van der Waals surface area contributed by atoms with Gasteiger partial charge in [-0.25, -0.2) is 9.78 Å². The lowest BCUT2D eigenvalue weighted by atomic mass is 10.0. The van der Waals surface area contributed by atoms with E-state index in [4.69, 9.17) is 21.1 Å². The Morgan fingerprint density at radius 1 is 1.25 bits per heavy atom. The van der Waals surface area contributed by atoms with E-state index in [1.165, 1.54) is 0 Å². The van der Waals surface area contributed by atoms with E-state index >= 15 is 0 Å². The summed E-state index contributed by atoms with van der Waals surface area (Å²) in [5, 5.41) is 0.173. The molecule has 2 aliphatic carbocycles. The lowest BCUT2D eigenvalue weighted by Gasteiger charge is -2.23. The maximum atomic E-state index is 12.7. The summed E-state index contributed by atoms with van der Waals surface area (Å²) in [6, 6.07) is 0.154. The largest absolute Gasteiger partial charge is 0.348 e. The lowest BCUT2D eigenvalue weighted by Crippen LogP contribution is -2.29. The van der Waals surface area contributed by atoms with Gasteiger partial charge in [0.05, 0.1) is 19.4 Å². The van der Waals surface area contributed by atoms with Gasteiger partial charge in [-0.2, -0.15) is 4.98 Å². The first-order chi connectivity index (χ1) is 11.6. The second-order valence-electron chi connectivity index (χ2n) is 7.22. The van der Waals surface area contributed by atoms with Crippen molar-refractivity contribution < 1.29 is 9.47 Å². The van der Waals surface area contributed by atoms with Crippen LogP contribution >= 0.6 is 11.6 Å². The molecule has 0 aromatic carbocycles. The molecule has 24 heavy (non-hydrogen) atoms. The van der Waals surface area contributed by atoms with E-state index in [-0.39, 0.29) is 22.8 Å². The summed E-state index contributed by atoms with van der Waals surface area (Å²) in [7, 11) is 1.75. The van der Waals surface area contributed by atoms with E-state index in [0.717, 1.165) is 31.2 Å². The summed E-state index contributed by atoms with van der Waals surface area (Å²) in [5.41, 5.74) is 1.31. The molecule has 2 aromatic heterocycles. The van der Waals surface area contributed by atoms with E-state index < -0.39 is 0 Å². The second-order valence-corrected chi connectivity index (χ2v) is 7.56. The van der Waals surface area contributed by atoms with Gasteiger partial charge in [0.2, 0.25) is 5.28 Å². The van der Waals surface area contributed by atoms with Gasteiger partial charge in [-0.3, -0.25) is 9.13 Å². The fourth-order valence-electron chi connectivity index (χ4n) is 4.95. The quantitative estimate of drug-likeness (QED) is 0.734. The highest BCUT2D eigenvalue weighted by molar-refractivity contribution is 6.28. The molecule has 8 heteroatoms. The molecule has 2 aromatic rings. The maximum Gasteiger partial charge on any atom is 0.330 e. The second kappa shape index (κ2) is 5.03. The van der Waals surface area contributed by atoms with Crippen molar-refractivity contribution in [2.45, 2.75) is 37.5 Å². The Hall–Kier alpha value is -1.44. The number of halogens is 1. The molecule has 1 spiro atoms. The van der Waals surface area contributed by atoms with Crippen molar-refractivity contribution in [3.8, 4) is 0 Å². The number of nitrogens with zero attached hydrogens (tertiary/aromatic N) is 4. The van der Waals surface area contributed by atoms with Crippen LogP contribution in [-0.2, 0) is 16.5 Å². The van der Waals surface area contributed by atoms with Gasteiger partial charge in [-0.15, -0.1) is 0 Å². The Kier molecular flexibility index (Phi) is 3.12. The number of rotatable bonds is 1. The summed E-state index contributed by atoms with van der Waals surface area (Å²) in [5.74, 6) is 0.718. The molecule has 3 fully saturated rings. The molecule has 1 aliphatic heterocycles. The topological polar surface area (TPSA) is 71.2 Å². The Balaban J connectivity index is 1.49. The zero-order chi connectivity index (χ0) is 16.5. The van der Waals surface area contributed by atoms with Crippen LogP contribution in [0.5, 0.6) is 0 Å². The SMILES string of the molecule is Cn1c(=O)n(C2C[C@@H]3CC4(C[C@@H]3C2)OCCO4)c2nc(Cl)ncc21. The van der Waals surface area contributed by atoms with Gasteiger partial charge in [-0.05, 0) is 36.3 Å². The lowest BCUT2D eigenvalue weighted by molar-refractivity contribution is -0.155. The van der Waals surface area contributed by atoms with E-state index in [1.54, 1.807) is 17.8 Å². The third-order valence-corrected chi connectivity index (χ3v) is 6.13. The third kappa shape index (κ3) is 2.01. The fourth-order valence-corrected chi connectivity index (χ4v) is 5.08. The van der Waals surface area contributed by atoms with Crippen LogP contribution in [0.1, 0.15) is 31.7 Å². The molecule has 0 amide bonds. The monoisotopic (exact) mass is 350 g/mol. The third-order valence-electron chi connectivity index (χ3n) is 5.94. The van der Waals surface area contributed by atoms with Crippen LogP contribution in [0.15, 0.2) is 11.0 Å². The minimum absolute atomic E-state index is 0.0466. The van der Waals surface area contributed by atoms with Gasteiger partial charge in [0, 0.05) is 25.9 Å². The standard InChI is InChI=1S/C16H19ClN4O3/c1-20-12-8-18-14(17)19-13(12)21(15(20)22)11-4-9-6-16(7-10(9)5-11)23-2-3-24-16/h8-11H,2-7H2,1H3/t9-,10+,11?. The summed E-state index contributed by atoms with van der Waals surface area (Å²) in [6.07, 6.45) is 5.40. The van der Waals surface area contributed by atoms with Crippen molar-refractivity contribution in [1.82, 2.24) is 19.1 Å². The zero-order valence-corrected chi connectivity index (χ0v) is 14.2. The molecular weight excluding hydrogens is 332 g/mol. The zero-order valence-electron chi connectivity index (χ0n) is 13.4. The first-order valence-electron chi connectivity index (χ1n) is 8.44. The molecule has 0 N–H and O–H groups in total. The first kappa shape index (κ1) is 14.9. The molecule has 0 bridgehead atoms. The smallest absolute Gasteiger partial charge is 0.330 e. The molecule has 5 rings (SSSR count). The van der Waals surface area contributed by atoms with Crippen molar-refractivity contribution in [3.05, 3.63) is 22.0 Å². The van der Waals surface area contributed by atoms with E-state index in [2.05, 4.69) is 9.97 Å². The molecule has 2 saturated carbocycles. The first-order valence-corrected chi connectivity index (χ1v) is 8.81. The van der Waals surface area contributed by atoms with E-state index in [1.807, 2.05) is 4.57 Å². The average Bonchev–Trinajstić information content (AvgIpc) is 3.26. The highest BCUT2D eigenvalue weighted by Crippen LogP contribution is 2.54. The van der Waals surface area contributed by atoms with E-state index in [9.17, 15) is 4.79 Å². The average molecular weight is 351 g/mol. The van der Waals surface area contributed by atoms with Crippen LogP contribution in [0.2, 0.25) is 5.28 Å². The van der Waals surface area contributed by atoms with Crippen LogP contribution in [-0.4, -0.2) is 38.1 Å². The Morgan fingerprint density at radius 2 is 1.92 bits per heavy atom. The highest BCUT2D eigenvalue weighted by Gasteiger charge is 2.53. The molecule has 0 radical (unpaired) electrons. The van der Waals surface area contributed by atoms with Crippen LogP contribution in [0.3, 0.4) is 0 Å². The molecule has 7 nitrogen and oxygen atoms in total. The van der Waals surface area contributed by atoms with Gasteiger partial charge in [0.15, 0.2) is 11.4 Å². The van der Waals surface area contributed by atoms with Gasteiger partial charge < -0.3 is 9.47 Å². The Labute approximate surface area is 143 Å². The molecule has 3 aliphatic rings. The van der Waals surface area contributed by atoms with E-state index in [0.29, 0.717) is 30.7 Å². The normalized spacial score (nSPS) is 31.3. The molecular formula is C16H19ClN4O3. The fraction of sp³-hybridized carbons (Fsp3) is 0.688. The molecule has 128 valence electrons. The number of fused-ring (bicyclic) bond motifs is 2. The minimum atomic E-state index is -0.352. The number of aryl methyl sites for hydroxylation is 1. The van der Waals surface area contributed by atoms with Gasteiger partial charge in [0.1, 0.15) is 5.52 Å². The number of aromatic nitrogens is 4. The van der Waals surface area contributed by atoms with Gasteiger partial charge >= 0.3 is 5.69 Å². The maximum absolute atomic E-state index is 12.7. The summed E-state index contributed by atoms with van der Waals surface area (Å²) < 4.78 is 15.1. The summed E-state index contributed by atoms with van der Waals surface area (Å²) in [6.45, 7) is 1.39. The predicted octanol–water partition coefficient (Wildman–Crippen LogP) is 1.89. The van der Waals surface area contributed by atoms with Crippen molar-refractivity contribution in [3.63, 3.8) is 0 Å². The van der Waals surface area contributed by atoms with Crippen LogP contribution in [0.25, 0.3) is 11.2 Å². The molecule has 3 heterocycles. The summed E-state index contributed by atoms with van der Waals surface area (Å²) >= 11 is 5.96. The van der Waals surface area contributed by atoms with Crippen molar-refractivity contribution in [2.75, 3.05) is 13.2 Å². The molecule has 1 unspecified atom stereocenters. The Bertz CT molecular complexity index is 854. The summed E-state index contributed by atoms with van der Waals surface area (Å²) in [4.78, 5) is 21.0.